The van der Waals surface area contributed by atoms with Gasteiger partial charge in [-0.3, -0.25) is 0 Å². The molecule has 1 aromatic carbocycles. The number of nitrogens with one attached hydrogen (secondary N) is 1. The van der Waals surface area contributed by atoms with Gasteiger partial charge in [-0.05, 0) is 37.8 Å². The maximum Gasteiger partial charge on any atom is 0.163 e. The summed E-state index contributed by atoms with van der Waals surface area (Å²) in [5.74, 6) is 6.83. The number of rotatable bonds is 2. The van der Waals surface area contributed by atoms with Gasteiger partial charge < -0.3 is 5.43 Å². The summed E-state index contributed by atoms with van der Waals surface area (Å²) in [5.41, 5.74) is 5.56. The molecule has 0 fully saturated rings. The lowest BCUT2D eigenvalue weighted by molar-refractivity contribution is 0.665. The molecule has 0 spiro atoms. The van der Waals surface area contributed by atoms with Crippen LogP contribution in [0.3, 0.4) is 0 Å². The summed E-state index contributed by atoms with van der Waals surface area (Å²) < 4.78 is 0. The molecule has 0 bridgehead atoms. The average Bonchev–Trinajstić information content (AvgIpc) is 2.49. The monoisotopic (exact) mass is 308 g/mol. The van der Waals surface area contributed by atoms with Gasteiger partial charge in [-0.25, -0.2) is 15.8 Å². The molecule has 0 unspecified atom stereocenters. The number of aryl methyl sites for hydroxylation is 1. The summed E-state index contributed by atoms with van der Waals surface area (Å²) in [6.45, 7) is 0. The number of fused-ring (bicyclic) bond motifs is 1. The van der Waals surface area contributed by atoms with E-state index in [1.165, 1.54) is 0 Å². The van der Waals surface area contributed by atoms with Crippen molar-refractivity contribution in [2.75, 3.05) is 5.43 Å². The summed E-state index contributed by atoms with van der Waals surface area (Å²) in [6, 6.07) is 5.44. The third kappa shape index (κ3) is 2.35. The second-order valence-electron chi connectivity index (χ2n) is 4.77. The standard InChI is InChI=1S/C14H14Cl2N4/c15-10-6-3-5-9(12(10)16)13-18-11-7-2-1-4-8(11)14(19-13)20-17/h3,5-6H,1-2,4,7,17H2,(H,18,19,20). The predicted molar refractivity (Wildman–Crippen MR) is 81.9 cm³/mol. The van der Waals surface area contributed by atoms with E-state index in [1.54, 1.807) is 6.07 Å². The van der Waals surface area contributed by atoms with Crippen LogP contribution in [-0.4, -0.2) is 9.97 Å². The van der Waals surface area contributed by atoms with Gasteiger partial charge in [0, 0.05) is 16.8 Å². The molecule has 0 atom stereocenters. The van der Waals surface area contributed by atoms with Crippen molar-refractivity contribution in [1.29, 1.82) is 0 Å². The van der Waals surface area contributed by atoms with Crippen LogP contribution in [-0.2, 0) is 12.8 Å². The van der Waals surface area contributed by atoms with Crippen molar-refractivity contribution in [3.63, 3.8) is 0 Å². The molecule has 0 aliphatic heterocycles. The molecule has 0 radical (unpaired) electrons. The zero-order chi connectivity index (χ0) is 14.1. The summed E-state index contributed by atoms with van der Waals surface area (Å²) in [5, 5.41) is 0.959. The Morgan fingerprint density at radius 1 is 1.10 bits per heavy atom. The number of hydrogen-bond donors (Lipinski definition) is 2. The molecule has 1 aromatic heterocycles. The van der Waals surface area contributed by atoms with Crippen molar-refractivity contribution >= 4 is 29.0 Å². The van der Waals surface area contributed by atoms with E-state index in [0.29, 0.717) is 21.7 Å². The summed E-state index contributed by atoms with van der Waals surface area (Å²) in [6.07, 6.45) is 4.18. The maximum atomic E-state index is 6.24. The quantitative estimate of drug-likeness (QED) is 0.657. The number of nitrogens with zero attached hydrogens (tertiary/aromatic N) is 2. The SMILES string of the molecule is NNc1nc(-c2cccc(Cl)c2Cl)nc2c1CCCC2. The Morgan fingerprint density at radius 2 is 1.90 bits per heavy atom. The van der Waals surface area contributed by atoms with Gasteiger partial charge in [0.25, 0.3) is 0 Å². The van der Waals surface area contributed by atoms with Gasteiger partial charge in [0.05, 0.1) is 10.0 Å². The molecule has 1 heterocycles. The number of aromatic nitrogens is 2. The Hall–Kier alpha value is -1.36. The highest BCUT2D eigenvalue weighted by Gasteiger charge is 2.19. The van der Waals surface area contributed by atoms with Crippen LogP contribution in [0.1, 0.15) is 24.1 Å². The number of nitrogen functional groups attached to an aromatic ring is 1. The van der Waals surface area contributed by atoms with E-state index in [0.717, 1.165) is 42.5 Å². The fourth-order valence-electron chi connectivity index (χ4n) is 2.51. The number of hydrogen-bond acceptors (Lipinski definition) is 4. The number of hydrazine groups is 1. The van der Waals surface area contributed by atoms with Crippen molar-refractivity contribution < 1.29 is 0 Å². The second kappa shape index (κ2) is 5.56. The summed E-state index contributed by atoms with van der Waals surface area (Å²) in [7, 11) is 0. The molecule has 0 saturated heterocycles. The van der Waals surface area contributed by atoms with Gasteiger partial charge in [0.2, 0.25) is 0 Å². The summed E-state index contributed by atoms with van der Waals surface area (Å²) in [4.78, 5) is 9.13. The van der Waals surface area contributed by atoms with Gasteiger partial charge in [-0.15, -0.1) is 0 Å². The lowest BCUT2D eigenvalue weighted by Crippen LogP contribution is -2.17. The van der Waals surface area contributed by atoms with Crippen LogP contribution in [0.15, 0.2) is 18.2 Å². The molecular weight excluding hydrogens is 295 g/mol. The van der Waals surface area contributed by atoms with E-state index in [-0.39, 0.29) is 0 Å². The van der Waals surface area contributed by atoms with Gasteiger partial charge in [0.1, 0.15) is 5.82 Å². The van der Waals surface area contributed by atoms with Crippen LogP contribution in [0.5, 0.6) is 0 Å². The minimum Gasteiger partial charge on any atom is -0.308 e. The highest BCUT2D eigenvalue weighted by atomic mass is 35.5. The number of nitrogens with two attached hydrogens (primary N) is 1. The molecule has 3 N–H and O–H groups in total. The van der Waals surface area contributed by atoms with Crippen molar-refractivity contribution in [2.24, 2.45) is 5.84 Å². The van der Waals surface area contributed by atoms with Gasteiger partial charge in [-0.1, -0.05) is 29.3 Å². The third-order valence-corrected chi connectivity index (χ3v) is 4.33. The Kier molecular flexibility index (Phi) is 3.78. The number of benzene rings is 1. The van der Waals surface area contributed by atoms with E-state index >= 15 is 0 Å². The molecule has 3 rings (SSSR count). The molecular formula is C14H14Cl2N4. The van der Waals surface area contributed by atoms with Crippen LogP contribution in [0.2, 0.25) is 10.0 Å². The number of halogens is 2. The minimum atomic E-state index is 0.466. The zero-order valence-corrected chi connectivity index (χ0v) is 12.3. The second-order valence-corrected chi connectivity index (χ2v) is 5.56. The molecule has 20 heavy (non-hydrogen) atoms. The Labute approximate surface area is 127 Å². The highest BCUT2D eigenvalue weighted by molar-refractivity contribution is 6.43. The lowest BCUT2D eigenvalue weighted by Gasteiger charge is -2.19. The fourth-order valence-corrected chi connectivity index (χ4v) is 2.90. The molecule has 4 nitrogen and oxygen atoms in total. The Balaban J connectivity index is 2.17. The lowest BCUT2D eigenvalue weighted by atomic mass is 9.96. The first-order chi connectivity index (χ1) is 9.70. The van der Waals surface area contributed by atoms with Gasteiger partial charge in [-0.2, -0.15) is 0 Å². The molecule has 1 aliphatic carbocycles. The van der Waals surface area contributed by atoms with E-state index < -0.39 is 0 Å². The first-order valence-corrected chi connectivity index (χ1v) is 7.27. The molecule has 2 aromatic rings. The maximum absolute atomic E-state index is 6.24. The minimum absolute atomic E-state index is 0.466. The Bertz CT molecular complexity index is 641. The van der Waals surface area contributed by atoms with E-state index in [2.05, 4.69) is 15.4 Å². The summed E-state index contributed by atoms with van der Waals surface area (Å²) >= 11 is 12.3. The van der Waals surface area contributed by atoms with Crippen LogP contribution in [0.4, 0.5) is 5.82 Å². The van der Waals surface area contributed by atoms with Gasteiger partial charge >= 0.3 is 0 Å². The van der Waals surface area contributed by atoms with Crippen molar-refractivity contribution in [3.05, 3.63) is 39.5 Å². The molecule has 104 valence electrons. The van der Waals surface area contributed by atoms with Crippen LogP contribution in [0.25, 0.3) is 11.4 Å². The third-order valence-electron chi connectivity index (χ3n) is 3.51. The zero-order valence-electron chi connectivity index (χ0n) is 10.8. The first kappa shape index (κ1) is 13.6. The van der Waals surface area contributed by atoms with E-state index in [4.69, 9.17) is 29.0 Å². The van der Waals surface area contributed by atoms with Crippen molar-refractivity contribution in [3.8, 4) is 11.4 Å². The number of anilines is 1. The fraction of sp³-hybridized carbons (Fsp3) is 0.286. The molecule has 0 amide bonds. The van der Waals surface area contributed by atoms with Crippen LogP contribution < -0.4 is 11.3 Å². The topological polar surface area (TPSA) is 63.8 Å². The Morgan fingerprint density at radius 3 is 2.70 bits per heavy atom. The molecule has 6 heteroatoms. The molecule has 1 aliphatic rings. The van der Waals surface area contributed by atoms with Crippen molar-refractivity contribution in [2.45, 2.75) is 25.7 Å². The average molecular weight is 309 g/mol. The smallest absolute Gasteiger partial charge is 0.163 e. The highest BCUT2D eigenvalue weighted by Crippen LogP contribution is 2.34. The molecule has 0 saturated carbocycles. The van der Waals surface area contributed by atoms with E-state index in [9.17, 15) is 0 Å². The van der Waals surface area contributed by atoms with Crippen LogP contribution in [0, 0.1) is 0 Å². The predicted octanol–water partition coefficient (Wildman–Crippen LogP) is 3.61. The van der Waals surface area contributed by atoms with Crippen molar-refractivity contribution in [1.82, 2.24) is 9.97 Å². The largest absolute Gasteiger partial charge is 0.308 e. The van der Waals surface area contributed by atoms with E-state index in [1.807, 2.05) is 12.1 Å². The normalized spacial score (nSPS) is 13.9. The first-order valence-electron chi connectivity index (χ1n) is 6.51. The van der Waals surface area contributed by atoms with Crippen LogP contribution >= 0.6 is 23.2 Å². The van der Waals surface area contributed by atoms with Gasteiger partial charge in [0.15, 0.2) is 5.82 Å².